The minimum absolute atomic E-state index is 0.00990. The van der Waals surface area contributed by atoms with E-state index < -0.39 is 0 Å². The van der Waals surface area contributed by atoms with Crippen molar-refractivity contribution in [3.63, 3.8) is 0 Å². The molecule has 0 bridgehead atoms. The number of nitrogens with one attached hydrogen (secondary N) is 1. The van der Waals surface area contributed by atoms with Gasteiger partial charge in [0.1, 0.15) is 0 Å². The maximum Gasteiger partial charge on any atom is 0.223 e. The van der Waals surface area contributed by atoms with E-state index in [2.05, 4.69) is 5.32 Å². The van der Waals surface area contributed by atoms with Crippen molar-refractivity contribution in [1.29, 1.82) is 0 Å². The van der Waals surface area contributed by atoms with Crippen LogP contribution in [0, 0.1) is 11.8 Å². The third-order valence-corrected chi connectivity index (χ3v) is 2.38. The SMILES string of the molecule is CC(=O)[C@H](C)NC(=O)[C@H](C)C(C)C. The zero-order valence-electron chi connectivity index (χ0n) is 9.05. The van der Waals surface area contributed by atoms with Crippen molar-refractivity contribution in [3.05, 3.63) is 0 Å². The number of carbonyl (C=O) groups is 2. The van der Waals surface area contributed by atoms with E-state index in [1.54, 1.807) is 6.92 Å². The van der Waals surface area contributed by atoms with E-state index >= 15 is 0 Å². The summed E-state index contributed by atoms with van der Waals surface area (Å²) in [5.41, 5.74) is 0. The molecule has 0 aliphatic rings. The van der Waals surface area contributed by atoms with E-state index in [0.29, 0.717) is 5.92 Å². The Labute approximate surface area is 79.9 Å². The summed E-state index contributed by atoms with van der Waals surface area (Å²) in [6, 6.07) is -0.367. The van der Waals surface area contributed by atoms with Crippen molar-refractivity contribution in [2.75, 3.05) is 0 Å². The van der Waals surface area contributed by atoms with Crippen LogP contribution in [0.2, 0.25) is 0 Å². The Balaban J connectivity index is 4.08. The molecule has 0 unspecified atom stereocenters. The molecule has 76 valence electrons. The zero-order valence-corrected chi connectivity index (χ0v) is 9.05. The van der Waals surface area contributed by atoms with Crippen LogP contribution >= 0.6 is 0 Å². The van der Waals surface area contributed by atoms with Gasteiger partial charge in [0.2, 0.25) is 5.91 Å². The molecule has 0 aromatic heterocycles. The quantitative estimate of drug-likeness (QED) is 0.719. The van der Waals surface area contributed by atoms with E-state index in [1.807, 2.05) is 20.8 Å². The maximum absolute atomic E-state index is 11.4. The minimum atomic E-state index is -0.367. The Hall–Kier alpha value is -0.860. The van der Waals surface area contributed by atoms with Crippen LogP contribution in [0.1, 0.15) is 34.6 Å². The van der Waals surface area contributed by atoms with Crippen LogP contribution in [0.3, 0.4) is 0 Å². The van der Waals surface area contributed by atoms with Gasteiger partial charge in [-0.15, -0.1) is 0 Å². The van der Waals surface area contributed by atoms with E-state index in [-0.39, 0.29) is 23.7 Å². The van der Waals surface area contributed by atoms with Gasteiger partial charge in [0.25, 0.3) is 0 Å². The predicted octanol–water partition coefficient (Wildman–Crippen LogP) is 1.37. The average Bonchev–Trinajstić information content (AvgIpc) is 2.02. The fraction of sp³-hybridized carbons (Fsp3) is 0.800. The van der Waals surface area contributed by atoms with E-state index in [0.717, 1.165) is 0 Å². The van der Waals surface area contributed by atoms with Gasteiger partial charge in [-0.1, -0.05) is 20.8 Å². The van der Waals surface area contributed by atoms with Gasteiger partial charge in [-0.05, 0) is 19.8 Å². The first-order valence-electron chi connectivity index (χ1n) is 4.67. The third-order valence-electron chi connectivity index (χ3n) is 2.38. The largest absolute Gasteiger partial charge is 0.346 e. The molecule has 1 N–H and O–H groups in total. The molecule has 13 heavy (non-hydrogen) atoms. The molecule has 0 aromatic rings. The van der Waals surface area contributed by atoms with Crippen molar-refractivity contribution in [3.8, 4) is 0 Å². The molecule has 3 nitrogen and oxygen atoms in total. The predicted molar refractivity (Wildman–Crippen MR) is 52.3 cm³/mol. The topological polar surface area (TPSA) is 46.2 Å². The second-order valence-corrected chi connectivity index (χ2v) is 3.87. The van der Waals surface area contributed by atoms with Crippen molar-refractivity contribution in [1.82, 2.24) is 5.32 Å². The fourth-order valence-corrected chi connectivity index (χ4v) is 0.749. The zero-order chi connectivity index (χ0) is 10.6. The summed E-state index contributed by atoms with van der Waals surface area (Å²) >= 11 is 0. The summed E-state index contributed by atoms with van der Waals surface area (Å²) in [6.07, 6.45) is 0. The fourth-order valence-electron chi connectivity index (χ4n) is 0.749. The van der Waals surface area contributed by atoms with E-state index in [9.17, 15) is 9.59 Å². The third kappa shape index (κ3) is 4.06. The minimum Gasteiger partial charge on any atom is -0.346 e. The lowest BCUT2D eigenvalue weighted by molar-refractivity contribution is -0.129. The molecule has 0 aliphatic heterocycles. The number of Topliss-reactive ketones (excluding diaryl/α,β-unsaturated/α-hetero) is 1. The monoisotopic (exact) mass is 185 g/mol. The first-order valence-corrected chi connectivity index (χ1v) is 4.67. The average molecular weight is 185 g/mol. The molecule has 0 aliphatic carbocycles. The van der Waals surface area contributed by atoms with Gasteiger partial charge in [-0.2, -0.15) is 0 Å². The lowest BCUT2D eigenvalue weighted by atomic mass is 9.97. The summed E-state index contributed by atoms with van der Waals surface area (Å²) < 4.78 is 0. The van der Waals surface area contributed by atoms with Crippen LogP contribution in [0.15, 0.2) is 0 Å². The van der Waals surface area contributed by atoms with Gasteiger partial charge >= 0.3 is 0 Å². The Morgan fingerprint density at radius 3 is 1.85 bits per heavy atom. The van der Waals surface area contributed by atoms with Crippen LogP contribution < -0.4 is 5.32 Å². The van der Waals surface area contributed by atoms with Crippen molar-refractivity contribution in [2.24, 2.45) is 11.8 Å². The number of carbonyl (C=O) groups excluding carboxylic acids is 2. The van der Waals surface area contributed by atoms with Crippen LogP contribution in [0.5, 0.6) is 0 Å². The molecule has 0 fully saturated rings. The smallest absolute Gasteiger partial charge is 0.223 e. The summed E-state index contributed by atoms with van der Waals surface area (Å²) in [5, 5.41) is 2.67. The highest BCUT2D eigenvalue weighted by Gasteiger charge is 2.19. The Morgan fingerprint density at radius 2 is 1.54 bits per heavy atom. The van der Waals surface area contributed by atoms with Gasteiger partial charge in [-0.3, -0.25) is 9.59 Å². The molecule has 3 heteroatoms. The maximum atomic E-state index is 11.4. The molecular formula is C10H19NO2. The lowest BCUT2D eigenvalue weighted by Gasteiger charge is -2.17. The first kappa shape index (κ1) is 12.1. The molecule has 0 saturated heterocycles. The second kappa shape index (κ2) is 5.00. The van der Waals surface area contributed by atoms with Gasteiger partial charge in [0.05, 0.1) is 6.04 Å². The van der Waals surface area contributed by atoms with Crippen LogP contribution in [0.4, 0.5) is 0 Å². The highest BCUT2D eigenvalue weighted by atomic mass is 16.2. The first-order chi connectivity index (χ1) is 5.86. The second-order valence-electron chi connectivity index (χ2n) is 3.87. The normalized spacial score (nSPS) is 15.2. The molecule has 0 heterocycles. The van der Waals surface area contributed by atoms with Gasteiger partial charge in [0.15, 0.2) is 5.78 Å². The van der Waals surface area contributed by atoms with Gasteiger partial charge in [0, 0.05) is 5.92 Å². The standard InChI is InChI=1S/C10H19NO2/c1-6(2)7(3)10(13)11-8(4)9(5)12/h6-8H,1-5H3,(H,11,13)/t7-,8+/m1/s1. The van der Waals surface area contributed by atoms with Gasteiger partial charge in [-0.25, -0.2) is 0 Å². The molecular weight excluding hydrogens is 166 g/mol. The number of hydrogen-bond donors (Lipinski definition) is 1. The summed E-state index contributed by atoms with van der Waals surface area (Å²) in [6.45, 7) is 9.02. The number of ketones is 1. The van der Waals surface area contributed by atoms with Gasteiger partial charge < -0.3 is 5.32 Å². The summed E-state index contributed by atoms with van der Waals surface area (Å²) in [5.74, 6) is 0.211. The molecule has 2 atom stereocenters. The van der Waals surface area contributed by atoms with E-state index in [4.69, 9.17) is 0 Å². The van der Waals surface area contributed by atoms with Crippen molar-refractivity contribution >= 4 is 11.7 Å². The number of rotatable bonds is 4. The van der Waals surface area contributed by atoms with Crippen LogP contribution in [0.25, 0.3) is 0 Å². The van der Waals surface area contributed by atoms with Crippen LogP contribution in [-0.4, -0.2) is 17.7 Å². The summed E-state index contributed by atoms with van der Waals surface area (Å²) in [7, 11) is 0. The summed E-state index contributed by atoms with van der Waals surface area (Å²) in [4.78, 5) is 22.3. The molecule has 1 amide bonds. The Bertz CT molecular complexity index is 199. The molecule has 0 radical (unpaired) electrons. The highest BCUT2D eigenvalue weighted by molar-refractivity contribution is 5.87. The lowest BCUT2D eigenvalue weighted by Crippen LogP contribution is -2.41. The number of hydrogen-bond acceptors (Lipinski definition) is 2. The van der Waals surface area contributed by atoms with Crippen LogP contribution in [-0.2, 0) is 9.59 Å². The van der Waals surface area contributed by atoms with Crippen molar-refractivity contribution < 1.29 is 9.59 Å². The van der Waals surface area contributed by atoms with Crippen molar-refractivity contribution in [2.45, 2.75) is 40.7 Å². The molecule has 0 spiro atoms. The Morgan fingerprint density at radius 1 is 1.08 bits per heavy atom. The van der Waals surface area contributed by atoms with E-state index in [1.165, 1.54) is 6.92 Å². The highest BCUT2D eigenvalue weighted by Crippen LogP contribution is 2.09. The molecule has 0 saturated carbocycles. The molecule has 0 aromatic carbocycles. The number of amides is 1. The Kier molecular flexibility index (Phi) is 4.67. The molecule has 0 rings (SSSR count).